The third kappa shape index (κ3) is 2.28. The van der Waals surface area contributed by atoms with Gasteiger partial charge in [0.05, 0.1) is 0 Å². The molecular weight excluding hydrogens is 174 g/mol. The summed E-state index contributed by atoms with van der Waals surface area (Å²) in [5.41, 5.74) is -0.280. The number of amides is 1. The quantitative estimate of drug-likeness (QED) is 0.665. The molecule has 0 spiro atoms. The summed E-state index contributed by atoms with van der Waals surface area (Å²) in [5.74, 6) is 1.50. The molecule has 0 saturated carbocycles. The normalized spacial score (nSPS) is 18.8. The van der Waals surface area contributed by atoms with Crippen LogP contribution in [0.25, 0.3) is 0 Å². The average Bonchev–Trinajstić information content (AvgIpc) is 2.17. The lowest BCUT2D eigenvalue weighted by atomic mass is 9.79. The fraction of sp³-hybridized carbons (Fsp3) is 0.833. The van der Waals surface area contributed by atoms with E-state index in [2.05, 4.69) is 0 Å². The molecule has 0 aromatic rings. The van der Waals surface area contributed by atoms with E-state index in [0.29, 0.717) is 5.91 Å². The molecule has 81 valence electrons. The lowest BCUT2D eigenvalue weighted by molar-refractivity contribution is -0.140. The van der Waals surface area contributed by atoms with Crippen LogP contribution in [0.4, 0.5) is 0 Å². The smallest absolute Gasteiger partial charge is 0.228 e. The molecule has 0 aliphatic carbocycles. The summed E-state index contributed by atoms with van der Waals surface area (Å²) in [6, 6.07) is 0. The maximum atomic E-state index is 12.2. The molecule has 1 radical (unpaired) electrons. The van der Waals surface area contributed by atoms with Crippen molar-refractivity contribution in [3.63, 3.8) is 0 Å². The molecule has 1 heterocycles. The molecule has 0 aromatic carbocycles. The molecule has 1 saturated heterocycles. The molecule has 1 amide bonds. The van der Waals surface area contributed by atoms with Gasteiger partial charge in [-0.15, -0.1) is 0 Å². The Bertz CT molecular complexity index is 202. The predicted molar refractivity (Wildman–Crippen MR) is 58.8 cm³/mol. The third-order valence-corrected chi connectivity index (χ3v) is 3.43. The van der Waals surface area contributed by atoms with Crippen molar-refractivity contribution in [1.29, 1.82) is 0 Å². The SMILES string of the molecule is C[C](C)C(C)(C)C(=O)N1CCCCC1. The van der Waals surface area contributed by atoms with E-state index in [1.165, 1.54) is 25.2 Å². The number of nitrogens with zero attached hydrogens (tertiary/aromatic N) is 1. The van der Waals surface area contributed by atoms with Crippen LogP contribution >= 0.6 is 0 Å². The van der Waals surface area contributed by atoms with Gasteiger partial charge in [0, 0.05) is 18.5 Å². The highest BCUT2D eigenvalue weighted by Gasteiger charge is 2.35. The lowest BCUT2D eigenvalue weighted by Gasteiger charge is -2.36. The number of carbonyl (C=O) groups excluding carboxylic acids is 1. The Morgan fingerprint density at radius 3 is 2.00 bits per heavy atom. The first-order valence-corrected chi connectivity index (χ1v) is 5.56. The number of carbonyl (C=O) groups is 1. The van der Waals surface area contributed by atoms with Crippen LogP contribution in [0, 0.1) is 11.3 Å². The molecule has 0 bridgehead atoms. The predicted octanol–water partition coefficient (Wildman–Crippen LogP) is 2.64. The van der Waals surface area contributed by atoms with Crippen LogP contribution in [0.5, 0.6) is 0 Å². The van der Waals surface area contributed by atoms with E-state index in [1.807, 2.05) is 32.6 Å². The van der Waals surface area contributed by atoms with Gasteiger partial charge in [0.15, 0.2) is 0 Å². The highest BCUT2D eigenvalue weighted by Crippen LogP contribution is 2.31. The standard InChI is InChI=1S/C12H22NO/c1-10(2)12(3,4)11(14)13-8-6-5-7-9-13/h5-9H2,1-4H3. The molecule has 1 aliphatic heterocycles. The second kappa shape index (κ2) is 4.33. The summed E-state index contributed by atoms with van der Waals surface area (Å²) < 4.78 is 0. The topological polar surface area (TPSA) is 20.3 Å². The Hall–Kier alpha value is -0.530. The first kappa shape index (κ1) is 11.5. The zero-order valence-corrected chi connectivity index (χ0v) is 9.89. The van der Waals surface area contributed by atoms with Crippen LogP contribution in [-0.4, -0.2) is 23.9 Å². The van der Waals surface area contributed by atoms with E-state index in [-0.39, 0.29) is 5.41 Å². The second-order valence-corrected chi connectivity index (χ2v) is 4.98. The van der Waals surface area contributed by atoms with Crippen LogP contribution in [-0.2, 0) is 4.79 Å². The van der Waals surface area contributed by atoms with Crippen LogP contribution < -0.4 is 0 Å². The zero-order chi connectivity index (χ0) is 10.8. The summed E-state index contributed by atoms with van der Waals surface area (Å²) in [5, 5.41) is 0. The van der Waals surface area contributed by atoms with Gasteiger partial charge in [0.1, 0.15) is 0 Å². The molecule has 1 fully saturated rings. The fourth-order valence-electron chi connectivity index (χ4n) is 1.71. The van der Waals surface area contributed by atoms with Gasteiger partial charge < -0.3 is 4.90 Å². The van der Waals surface area contributed by atoms with E-state index in [9.17, 15) is 4.79 Å². The molecule has 0 N–H and O–H groups in total. The lowest BCUT2D eigenvalue weighted by Crippen LogP contribution is -2.45. The van der Waals surface area contributed by atoms with Crippen molar-refractivity contribution in [2.45, 2.75) is 47.0 Å². The maximum Gasteiger partial charge on any atom is 0.228 e. The Kier molecular flexibility index (Phi) is 3.57. The highest BCUT2D eigenvalue weighted by atomic mass is 16.2. The first-order chi connectivity index (χ1) is 6.46. The molecule has 14 heavy (non-hydrogen) atoms. The maximum absolute atomic E-state index is 12.2. The van der Waals surface area contributed by atoms with Gasteiger partial charge in [-0.05, 0) is 25.2 Å². The first-order valence-electron chi connectivity index (χ1n) is 5.56. The monoisotopic (exact) mass is 196 g/mol. The molecule has 0 atom stereocenters. The van der Waals surface area contributed by atoms with E-state index in [1.54, 1.807) is 0 Å². The van der Waals surface area contributed by atoms with E-state index >= 15 is 0 Å². The van der Waals surface area contributed by atoms with Crippen molar-refractivity contribution in [2.75, 3.05) is 13.1 Å². The van der Waals surface area contributed by atoms with Gasteiger partial charge in [-0.1, -0.05) is 27.7 Å². The third-order valence-electron chi connectivity index (χ3n) is 3.43. The van der Waals surface area contributed by atoms with Gasteiger partial charge in [-0.2, -0.15) is 0 Å². The summed E-state index contributed by atoms with van der Waals surface area (Å²) in [4.78, 5) is 14.2. The van der Waals surface area contributed by atoms with Crippen LogP contribution in [0.2, 0.25) is 0 Å². The van der Waals surface area contributed by atoms with Gasteiger partial charge in [0.25, 0.3) is 0 Å². The van der Waals surface area contributed by atoms with Gasteiger partial charge in [-0.3, -0.25) is 4.79 Å². The largest absolute Gasteiger partial charge is 0.342 e. The van der Waals surface area contributed by atoms with Crippen molar-refractivity contribution < 1.29 is 4.79 Å². The summed E-state index contributed by atoms with van der Waals surface area (Å²) in [7, 11) is 0. The average molecular weight is 196 g/mol. The zero-order valence-electron chi connectivity index (χ0n) is 9.89. The minimum absolute atomic E-state index is 0.280. The molecule has 2 heteroatoms. The molecule has 2 nitrogen and oxygen atoms in total. The molecular formula is C12H22NO. The van der Waals surface area contributed by atoms with E-state index < -0.39 is 0 Å². The van der Waals surface area contributed by atoms with Crippen molar-refractivity contribution in [2.24, 2.45) is 5.41 Å². The van der Waals surface area contributed by atoms with Gasteiger partial charge in [-0.25, -0.2) is 0 Å². The summed E-state index contributed by atoms with van der Waals surface area (Å²) >= 11 is 0. The Morgan fingerprint density at radius 2 is 1.57 bits per heavy atom. The Balaban J connectivity index is 2.63. The van der Waals surface area contributed by atoms with Crippen molar-refractivity contribution >= 4 is 5.91 Å². The Labute approximate surface area is 87.7 Å². The summed E-state index contributed by atoms with van der Waals surface area (Å²) in [6.45, 7) is 10.0. The van der Waals surface area contributed by atoms with E-state index in [4.69, 9.17) is 0 Å². The molecule has 1 aliphatic rings. The highest BCUT2D eigenvalue weighted by molar-refractivity contribution is 5.84. The minimum atomic E-state index is -0.280. The molecule has 0 unspecified atom stereocenters. The number of hydrogen-bond acceptors (Lipinski definition) is 1. The number of piperidine rings is 1. The number of hydrogen-bond donors (Lipinski definition) is 0. The number of likely N-dealkylation sites (tertiary alicyclic amines) is 1. The van der Waals surface area contributed by atoms with Crippen molar-refractivity contribution in [3.05, 3.63) is 5.92 Å². The van der Waals surface area contributed by atoms with Gasteiger partial charge >= 0.3 is 0 Å². The van der Waals surface area contributed by atoms with Crippen LogP contribution in [0.3, 0.4) is 0 Å². The number of rotatable bonds is 2. The van der Waals surface area contributed by atoms with Crippen molar-refractivity contribution in [3.8, 4) is 0 Å². The van der Waals surface area contributed by atoms with Crippen LogP contribution in [0.1, 0.15) is 47.0 Å². The Morgan fingerprint density at radius 1 is 1.07 bits per heavy atom. The van der Waals surface area contributed by atoms with E-state index in [0.717, 1.165) is 13.1 Å². The van der Waals surface area contributed by atoms with Crippen molar-refractivity contribution in [1.82, 2.24) is 4.90 Å². The molecule has 0 aromatic heterocycles. The van der Waals surface area contributed by atoms with Gasteiger partial charge in [0.2, 0.25) is 5.91 Å². The van der Waals surface area contributed by atoms with Crippen LogP contribution in [0.15, 0.2) is 0 Å². The minimum Gasteiger partial charge on any atom is -0.342 e. The molecule has 1 rings (SSSR count). The fourth-order valence-corrected chi connectivity index (χ4v) is 1.71. The second-order valence-electron chi connectivity index (χ2n) is 4.98. The summed E-state index contributed by atoms with van der Waals surface area (Å²) in [6.07, 6.45) is 3.62.